The van der Waals surface area contributed by atoms with E-state index >= 15 is 0 Å². The van der Waals surface area contributed by atoms with Gasteiger partial charge < -0.3 is 9.47 Å². The van der Waals surface area contributed by atoms with E-state index in [-0.39, 0.29) is 29.6 Å². The second-order valence-electron chi connectivity index (χ2n) is 10.4. The summed E-state index contributed by atoms with van der Waals surface area (Å²) in [6, 6.07) is 2.45. The van der Waals surface area contributed by atoms with Gasteiger partial charge in [-0.15, -0.1) is 0 Å². The molecule has 0 aromatic carbocycles. The summed E-state index contributed by atoms with van der Waals surface area (Å²) in [6.07, 6.45) is 10.1. The molecular formula is C24H35NO4. The summed E-state index contributed by atoms with van der Waals surface area (Å²) < 4.78 is 11.3. The van der Waals surface area contributed by atoms with Crippen molar-refractivity contribution in [1.82, 2.24) is 0 Å². The smallest absolute Gasteiger partial charge is 0.302 e. The van der Waals surface area contributed by atoms with Crippen molar-refractivity contribution in [3.63, 3.8) is 0 Å². The minimum Gasteiger partial charge on any atom is -0.463 e. The highest BCUT2D eigenvalue weighted by atomic mass is 16.5. The average molecular weight is 402 g/mol. The van der Waals surface area contributed by atoms with E-state index in [1.54, 1.807) is 0 Å². The van der Waals surface area contributed by atoms with Crippen LogP contribution in [-0.2, 0) is 19.1 Å². The van der Waals surface area contributed by atoms with Crippen LogP contribution in [0, 0.1) is 45.8 Å². The molecule has 0 amide bonds. The Balaban J connectivity index is 1.55. The van der Waals surface area contributed by atoms with E-state index in [1.165, 1.54) is 26.7 Å². The first-order valence-electron chi connectivity index (χ1n) is 11.5. The number of hydrogen-bond donors (Lipinski definition) is 0. The maximum Gasteiger partial charge on any atom is 0.302 e. The van der Waals surface area contributed by atoms with Gasteiger partial charge in [0.2, 0.25) is 0 Å². The van der Waals surface area contributed by atoms with Crippen molar-refractivity contribution in [3.8, 4) is 6.07 Å². The topological polar surface area (TPSA) is 76.4 Å². The molecule has 0 radical (unpaired) electrons. The summed E-state index contributed by atoms with van der Waals surface area (Å²) in [5.41, 5.74) is 0.164. The first-order valence-corrected chi connectivity index (χ1v) is 11.5. The lowest BCUT2D eigenvalue weighted by Gasteiger charge is -2.61. The van der Waals surface area contributed by atoms with Crippen molar-refractivity contribution in [3.05, 3.63) is 0 Å². The summed E-state index contributed by atoms with van der Waals surface area (Å²) in [5.74, 6) is 2.05. The lowest BCUT2D eigenvalue weighted by Crippen LogP contribution is -2.55. The van der Waals surface area contributed by atoms with Crippen LogP contribution >= 0.6 is 0 Å². The summed E-state index contributed by atoms with van der Waals surface area (Å²) in [7, 11) is 0. The quantitative estimate of drug-likeness (QED) is 0.636. The number of nitrogens with zero attached hydrogens (tertiary/aromatic N) is 1. The van der Waals surface area contributed by atoms with E-state index in [9.17, 15) is 14.9 Å². The molecule has 0 bridgehead atoms. The first-order chi connectivity index (χ1) is 13.8. The van der Waals surface area contributed by atoms with Crippen LogP contribution in [0.3, 0.4) is 0 Å². The third-order valence-corrected chi connectivity index (χ3v) is 9.30. The lowest BCUT2D eigenvalue weighted by atomic mass is 9.44. The van der Waals surface area contributed by atoms with E-state index in [4.69, 9.17) is 9.47 Å². The predicted octanol–water partition coefficient (Wildman–Crippen LogP) is 4.79. The predicted molar refractivity (Wildman–Crippen MR) is 107 cm³/mol. The molecule has 0 aliphatic heterocycles. The number of hydrogen-bond acceptors (Lipinski definition) is 5. The highest BCUT2D eigenvalue weighted by Gasteiger charge is 2.62. The Bertz CT molecular complexity index is 714. The van der Waals surface area contributed by atoms with Gasteiger partial charge in [0.25, 0.3) is 0 Å². The van der Waals surface area contributed by atoms with E-state index in [1.807, 2.05) is 0 Å². The normalized spacial score (nSPS) is 45.9. The van der Waals surface area contributed by atoms with Gasteiger partial charge in [0, 0.05) is 25.7 Å². The fraction of sp³-hybridized carbons (Fsp3) is 0.875. The Labute approximate surface area is 174 Å². The molecule has 29 heavy (non-hydrogen) atoms. The SMILES string of the molecule is CC(=O)O[C@H]1CC[C@@]2(C)[C@@H](CC[C@@H]3[C@@H]2CC[C@]2(CC#N)[C@@H](OC(C)=O)CC[C@@H]32)C1. The first kappa shape index (κ1) is 20.7. The molecule has 4 aliphatic carbocycles. The van der Waals surface area contributed by atoms with Crippen LogP contribution in [0.4, 0.5) is 0 Å². The van der Waals surface area contributed by atoms with Gasteiger partial charge in [-0.25, -0.2) is 0 Å². The molecule has 0 saturated heterocycles. The van der Waals surface area contributed by atoms with Crippen molar-refractivity contribution < 1.29 is 19.1 Å². The maximum atomic E-state index is 11.7. The minimum absolute atomic E-state index is 0.0863. The second kappa shape index (κ2) is 7.60. The molecule has 4 aliphatic rings. The highest BCUT2D eigenvalue weighted by molar-refractivity contribution is 5.66. The van der Waals surface area contributed by atoms with Crippen LogP contribution in [0.5, 0.6) is 0 Å². The van der Waals surface area contributed by atoms with E-state index in [2.05, 4.69) is 13.0 Å². The molecule has 160 valence electrons. The highest BCUT2D eigenvalue weighted by Crippen LogP contribution is 2.67. The van der Waals surface area contributed by atoms with Gasteiger partial charge in [0.15, 0.2) is 0 Å². The molecule has 5 heteroatoms. The zero-order valence-electron chi connectivity index (χ0n) is 18.1. The summed E-state index contributed by atoms with van der Waals surface area (Å²) in [6.45, 7) is 5.49. The second-order valence-corrected chi connectivity index (χ2v) is 10.4. The Morgan fingerprint density at radius 3 is 2.41 bits per heavy atom. The molecule has 8 atom stereocenters. The number of carbonyl (C=O) groups excluding carboxylic acids is 2. The van der Waals surface area contributed by atoms with Crippen molar-refractivity contribution >= 4 is 11.9 Å². The molecule has 0 N–H and O–H groups in total. The third kappa shape index (κ3) is 3.37. The van der Waals surface area contributed by atoms with Crippen molar-refractivity contribution in [2.24, 2.45) is 34.5 Å². The van der Waals surface area contributed by atoms with Crippen molar-refractivity contribution in [2.45, 2.75) is 97.2 Å². The molecular weight excluding hydrogens is 366 g/mol. The molecule has 0 aromatic rings. The van der Waals surface area contributed by atoms with Crippen LogP contribution < -0.4 is 0 Å². The van der Waals surface area contributed by atoms with Gasteiger partial charge in [-0.05, 0) is 86.9 Å². The maximum absolute atomic E-state index is 11.7. The van der Waals surface area contributed by atoms with Gasteiger partial charge in [-0.3, -0.25) is 9.59 Å². The Morgan fingerprint density at radius 2 is 1.72 bits per heavy atom. The Hall–Kier alpha value is -1.57. The summed E-state index contributed by atoms with van der Waals surface area (Å²) in [4.78, 5) is 23.1. The van der Waals surface area contributed by atoms with Crippen LogP contribution in [0.15, 0.2) is 0 Å². The van der Waals surface area contributed by atoms with Gasteiger partial charge in [0.05, 0.1) is 6.07 Å². The van der Waals surface area contributed by atoms with Gasteiger partial charge in [-0.2, -0.15) is 5.26 Å². The zero-order valence-corrected chi connectivity index (χ0v) is 18.1. The molecule has 0 heterocycles. The van der Waals surface area contributed by atoms with Gasteiger partial charge >= 0.3 is 11.9 Å². The van der Waals surface area contributed by atoms with Gasteiger partial charge in [0.1, 0.15) is 12.2 Å². The molecule has 0 aromatic heterocycles. The molecule has 0 unspecified atom stereocenters. The Kier molecular flexibility index (Phi) is 5.42. The number of rotatable bonds is 3. The van der Waals surface area contributed by atoms with Crippen LogP contribution in [0.1, 0.15) is 85.0 Å². The molecule has 5 nitrogen and oxygen atoms in total. The third-order valence-electron chi connectivity index (χ3n) is 9.30. The van der Waals surface area contributed by atoms with Gasteiger partial charge in [-0.1, -0.05) is 6.92 Å². The molecule has 4 saturated carbocycles. The van der Waals surface area contributed by atoms with E-state index < -0.39 is 0 Å². The monoisotopic (exact) mass is 401 g/mol. The molecule has 4 fully saturated rings. The number of carbonyl (C=O) groups is 2. The van der Waals surface area contributed by atoms with E-state index in [0.717, 1.165) is 44.9 Å². The molecule has 4 rings (SSSR count). The number of ether oxygens (including phenoxy) is 2. The fourth-order valence-corrected chi connectivity index (χ4v) is 8.18. The largest absolute Gasteiger partial charge is 0.463 e. The zero-order chi connectivity index (χ0) is 20.8. The van der Waals surface area contributed by atoms with E-state index in [0.29, 0.717) is 35.5 Å². The van der Waals surface area contributed by atoms with Crippen LogP contribution in [0.2, 0.25) is 0 Å². The minimum atomic E-state index is -0.213. The van der Waals surface area contributed by atoms with Crippen LogP contribution in [-0.4, -0.2) is 24.1 Å². The summed E-state index contributed by atoms with van der Waals surface area (Å²) in [5, 5.41) is 9.62. The number of esters is 2. The van der Waals surface area contributed by atoms with Crippen molar-refractivity contribution in [2.75, 3.05) is 0 Å². The lowest BCUT2D eigenvalue weighted by molar-refractivity contribution is -0.169. The average Bonchev–Trinajstić information content (AvgIpc) is 3.00. The van der Waals surface area contributed by atoms with Crippen molar-refractivity contribution in [1.29, 1.82) is 5.26 Å². The summed E-state index contributed by atoms with van der Waals surface area (Å²) >= 11 is 0. The number of fused-ring (bicyclic) bond motifs is 5. The Morgan fingerprint density at radius 1 is 0.966 bits per heavy atom. The standard InChI is InChI=1S/C24H35NO4/c1-15(26)28-18-8-10-23(3)17(14-18)4-5-19-20(23)9-11-24(12-13-25)21(19)6-7-22(24)29-16(2)27/h17-22H,4-12,14H2,1-3H3/t17-,18-,19+,20-,21-,22-,23-,24+/m0/s1. The van der Waals surface area contributed by atoms with Crippen LogP contribution in [0.25, 0.3) is 0 Å². The molecule has 0 spiro atoms. The fourth-order valence-electron chi connectivity index (χ4n) is 8.18. The number of nitriles is 1.